The number of alkyl halides is 1. The summed E-state index contributed by atoms with van der Waals surface area (Å²) in [5, 5.41) is 0. The molecule has 1 saturated heterocycles. The number of amides is 1. The third-order valence-corrected chi connectivity index (χ3v) is 3.20. The van der Waals surface area contributed by atoms with Gasteiger partial charge in [-0.3, -0.25) is 9.59 Å². The number of nitrogens with one attached hydrogen (secondary N) is 1. The highest BCUT2D eigenvalue weighted by atomic mass is 35.5. The Morgan fingerprint density at radius 2 is 2.35 bits per heavy atom. The van der Waals surface area contributed by atoms with Crippen molar-refractivity contribution in [2.24, 2.45) is 0 Å². The van der Waals surface area contributed by atoms with E-state index in [1.54, 1.807) is 4.90 Å². The van der Waals surface area contributed by atoms with E-state index in [-0.39, 0.29) is 23.3 Å². The van der Waals surface area contributed by atoms with Crippen LogP contribution in [0, 0.1) is 0 Å². The van der Waals surface area contributed by atoms with E-state index >= 15 is 0 Å². The van der Waals surface area contributed by atoms with Crippen molar-refractivity contribution in [2.75, 3.05) is 13.1 Å². The Kier molecular flexibility index (Phi) is 3.47. The molecule has 0 aliphatic carbocycles. The van der Waals surface area contributed by atoms with Gasteiger partial charge in [-0.25, -0.2) is 4.98 Å². The van der Waals surface area contributed by atoms with Gasteiger partial charge in [0.05, 0.1) is 11.6 Å². The van der Waals surface area contributed by atoms with Crippen LogP contribution in [0.25, 0.3) is 0 Å². The molecule has 2 rings (SSSR count). The fourth-order valence-electron chi connectivity index (χ4n) is 2.08. The molecule has 0 radical (unpaired) electrons. The number of rotatable bonds is 3. The van der Waals surface area contributed by atoms with Gasteiger partial charge in [0.15, 0.2) is 0 Å². The minimum atomic E-state index is -0.215. The van der Waals surface area contributed by atoms with Crippen LogP contribution in [0.5, 0.6) is 0 Å². The van der Waals surface area contributed by atoms with Crippen molar-refractivity contribution in [1.82, 2.24) is 14.9 Å². The van der Waals surface area contributed by atoms with E-state index < -0.39 is 0 Å². The highest BCUT2D eigenvalue weighted by Crippen LogP contribution is 2.25. The molecule has 1 aromatic heterocycles. The summed E-state index contributed by atoms with van der Waals surface area (Å²) in [4.78, 5) is 31.6. The molecule has 0 saturated carbocycles. The molecule has 0 unspecified atom stereocenters. The van der Waals surface area contributed by atoms with Gasteiger partial charge in [-0.2, -0.15) is 0 Å². The van der Waals surface area contributed by atoms with Crippen LogP contribution in [0.4, 0.5) is 0 Å². The van der Waals surface area contributed by atoms with Crippen LogP contribution in [-0.4, -0.2) is 33.9 Å². The molecule has 5 nitrogen and oxygen atoms in total. The zero-order valence-electron chi connectivity index (χ0n) is 9.57. The number of hydrogen-bond acceptors (Lipinski definition) is 3. The van der Waals surface area contributed by atoms with Crippen molar-refractivity contribution in [3.05, 3.63) is 27.9 Å². The smallest absolute Gasteiger partial charge is 0.251 e. The van der Waals surface area contributed by atoms with E-state index in [0.29, 0.717) is 31.0 Å². The zero-order chi connectivity index (χ0) is 12.4. The first kappa shape index (κ1) is 12.1. The van der Waals surface area contributed by atoms with Crippen molar-refractivity contribution in [2.45, 2.75) is 25.1 Å². The Morgan fingerprint density at radius 1 is 1.59 bits per heavy atom. The monoisotopic (exact) mass is 255 g/mol. The molecule has 1 fully saturated rings. The molecule has 0 bridgehead atoms. The number of halogens is 1. The SMILES string of the molecule is CCN1C[C@@H](c2cc(=O)[nH]c(CCl)n2)CC1=O. The first-order chi connectivity index (χ1) is 8.13. The van der Waals surface area contributed by atoms with Crippen LogP contribution >= 0.6 is 11.6 Å². The molecule has 1 atom stereocenters. The van der Waals surface area contributed by atoms with Crippen molar-refractivity contribution in [1.29, 1.82) is 0 Å². The van der Waals surface area contributed by atoms with E-state index in [9.17, 15) is 9.59 Å². The number of likely N-dealkylation sites (tertiary alicyclic amines) is 1. The number of aromatic nitrogens is 2. The van der Waals surface area contributed by atoms with Gasteiger partial charge >= 0.3 is 0 Å². The van der Waals surface area contributed by atoms with E-state index in [1.165, 1.54) is 6.07 Å². The number of H-pyrrole nitrogens is 1. The molecule has 0 spiro atoms. The Bertz CT molecular complexity index is 486. The van der Waals surface area contributed by atoms with Crippen molar-refractivity contribution >= 4 is 17.5 Å². The quantitative estimate of drug-likeness (QED) is 0.814. The van der Waals surface area contributed by atoms with Crippen molar-refractivity contribution in [3.8, 4) is 0 Å². The van der Waals surface area contributed by atoms with Gasteiger partial charge in [-0.1, -0.05) is 0 Å². The van der Waals surface area contributed by atoms with Gasteiger partial charge in [-0.15, -0.1) is 11.6 Å². The summed E-state index contributed by atoms with van der Waals surface area (Å²) in [6.45, 7) is 3.27. The molecule has 17 heavy (non-hydrogen) atoms. The van der Waals surface area contributed by atoms with Crippen LogP contribution in [-0.2, 0) is 10.7 Å². The number of carbonyl (C=O) groups excluding carboxylic acids is 1. The minimum Gasteiger partial charge on any atom is -0.342 e. The summed E-state index contributed by atoms with van der Waals surface area (Å²) >= 11 is 5.65. The maximum Gasteiger partial charge on any atom is 0.251 e. The lowest BCUT2D eigenvalue weighted by Gasteiger charge is -2.13. The van der Waals surface area contributed by atoms with E-state index in [4.69, 9.17) is 11.6 Å². The number of hydrogen-bond donors (Lipinski definition) is 1. The Hall–Kier alpha value is -1.36. The van der Waals surface area contributed by atoms with Crippen molar-refractivity contribution < 1.29 is 4.79 Å². The molecule has 92 valence electrons. The molecule has 1 amide bonds. The van der Waals surface area contributed by atoms with Gasteiger partial charge in [0.25, 0.3) is 5.56 Å². The van der Waals surface area contributed by atoms with Gasteiger partial charge in [0.2, 0.25) is 5.91 Å². The van der Waals surface area contributed by atoms with Crippen molar-refractivity contribution in [3.63, 3.8) is 0 Å². The third-order valence-electron chi connectivity index (χ3n) is 2.95. The lowest BCUT2D eigenvalue weighted by molar-refractivity contribution is -0.127. The highest BCUT2D eigenvalue weighted by Gasteiger charge is 2.30. The van der Waals surface area contributed by atoms with Gasteiger partial charge in [0.1, 0.15) is 5.82 Å². The molecule has 0 aromatic carbocycles. The molecular weight excluding hydrogens is 242 g/mol. The van der Waals surface area contributed by atoms with Gasteiger partial charge in [-0.05, 0) is 6.92 Å². The summed E-state index contributed by atoms with van der Waals surface area (Å²) in [5.41, 5.74) is 0.446. The summed E-state index contributed by atoms with van der Waals surface area (Å²) in [6.07, 6.45) is 0.423. The second kappa shape index (κ2) is 4.87. The normalized spacial score (nSPS) is 20.0. The van der Waals surface area contributed by atoms with E-state index in [0.717, 1.165) is 0 Å². The molecular formula is C11H14ClN3O2. The zero-order valence-corrected chi connectivity index (χ0v) is 10.3. The third kappa shape index (κ3) is 2.49. The Balaban J connectivity index is 2.27. The molecule has 6 heteroatoms. The molecule has 1 N–H and O–H groups in total. The summed E-state index contributed by atoms with van der Waals surface area (Å²) in [5.74, 6) is 0.747. The van der Waals surface area contributed by atoms with Crippen LogP contribution in [0.3, 0.4) is 0 Å². The number of carbonyl (C=O) groups is 1. The van der Waals surface area contributed by atoms with Gasteiger partial charge < -0.3 is 9.88 Å². The maximum atomic E-state index is 11.6. The van der Waals surface area contributed by atoms with Crippen LogP contribution in [0.2, 0.25) is 0 Å². The van der Waals surface area contributed by atoms with Gasteiger partial charge in [0, 0.05) is 31.5 Å². The second-order valence-corrected chi connectivity index (χ2v) is 4.35. The highest BCUT2D eigenvalue weighted by molar-refractivity contribution is 6.16. The standard InChI is InChI=1S/C11H14ClN3O2/c1-2-15-6-7(3-11(15)17)8-4-10(16)14-9(5-12)13-8/h4,7H,2-3,5-6H2,1H3,(H,13,14,16)/t7-/m0/s1. The molecule has 2 heterocycles. The van der Waals surface area contributed by atoms with Crippen LogP contribution < -0.4 is 5.56 Å². The Labute approximate surface area is 104 Å². The summed E-state index contributed by atoms with van der Waals surface area (Å²) in [6, 6.07) is 1.45. The summed E-state index contributed by atoms with van der Waals surface area (Å²) in [7, 11) is 0. The fraction of sp³-hybridized carbons (Fsp3) is 0.545. The van der Waals surface area contributed by atoms with E-state index in [1.807, 2.05) is 6.92 Å². The van der Waals surface area contributed by atoms with Crippen LogP contribution in [0.15, 0.2) is 10.9 Å². The lowest BCUT2D eigenvalue weighted by atomic mass is 10.0. The maximum absolute atomic E-state index is 11.6. The van der Waals surface area contributed by atoms with E-state index in [2.05, 4.69) is 9.97 Å². The summed E-state index contributed by atoms with van der Waals surface area (Å²) < 4.78 is 0. The number of aromatic amines is 1. The predicted octanol–water partition coefficient (Wildman–Crippen LogP) is 0.844. The fourth-order valence-corrected chi connectivity index (χ4v) is 2.20. The Morgan fingerprint density at radius 3 is 2.94 bits per heavy atom. The second-order valence-electron chi connectivity index (χ2n) is 4.08. The predicted molar refractivity (Wildman–Crippen MR) is 64.0 cm³/mol. The number of nitrogens with zero attached hydrogens (tertiary/aromatic N) is 2. The molecule has 1 aliphatic rings. The average molecular weight is 256 g/mol. The average Bonchev–Trinajstić information content (AvgIpc) is 2.69. The number of likely N-dealkylation sites (N-methyl/N-ethyl adjacent to an activating group) is 1. The first-order valence-corrected chi connectivity index (χ1v) is 6.11. The largest absolute Gasteiger partial charge is 0.342 e. The lowest BCUT2D eigenvalue weighted by Crippen LogP contribution is -2.24. The molecule has 1 aromatic rings. The topological polar surface area (TPSA) is 66.1 Å². The molecule has 1 aliphatic heterocycles. The minimum absolute atomic E-state index is 0.00622. The first-order valence-electron chi connectivity index (χ1n) is 5.58. The van der Waals surface area contributed by atoms with Crippen LogP contribution in [0.1, 0.15) is 30.8 Å².